The highest BCUT2D eigenvalue weighted by Gasteiger charge is 2.51. The number of amidine groups is 1. The maximum absolute atomic E-state index is 15.3. The molecule has 0 radical (unpaired) electrons. The van der Waals surface area contributed by atoms with E-state index in [-0.39, 0.29) is 34.3 Å². The number of fused-ring (bicyclic) bond motifs is 1. The smallest absolute Gasteiger partial charge is 0.423 e. The first-order valence-corrected chi connectivity index (χ1v) is 11.0. The molecule has 4 rings (SSSR count). The SMILES string of the molecule is COC[C@H]1C[C@H]2CSC(N(C(=O)O)C(=O)O)=N[C@@]2(c2cc(-c3cccnn3)ccc2F)CO1. The van der Waals surface area contributed by atoms with E-state index in [0.717, 1.165) is 11.8 Å². The minimum atomic E-state index is -1.69. The van der Waals surface area contributed by atoms with Gasteiger partial charge in [0, 0.05) is 36.1 Å². The lowest BCUT2D eigenvalue weighted by Crippen LogP contribution is -2.53. The van der Waals surface area contributed by atoms with Crippen molar-refractivity contribution < 1.29 is 33.7 Å². The van der Waals surface area contributed by atoms with Crippen molar-refractivity contribution in [2.45, 2.75) is 18.1 Å². The number of benzene rings is 1. The quantitative estimate of drug-likeness (QED) is 0.681. The van der Waals surface area contributed by atoms with Crippen molar-refractivity contribution in [2.24, 2.45) is 10.9 Å². The van der Waals surface area contributed by atoms with E-state index in [4.69, 9.17) is 9.47 Å². The molecule has 12 heteroatoms. The summed E-state index contributed by atoms with van der Waals surface area (Å²) in [4.78, 5) is 27.9. The van der Waals surface area contributed by atoms with Crippen LogP contribution in [0.25, 0.3) is 11.3 Å². The van der Waals surface area contributed by atoms with Gasteiger partial charge in [-0.1, -0.05) is 11.8 Å². The molecule has 2 aliphatic heterocycles. The maximum Gasteiger partial charge on any atom is 0.423 e. The highest BCUT2D eigenvalue weighted by Crippen LogP contribution is 2.48. The number of methoxy groups -OCH3 is 1. The first-order valence-electron chi connectivity index (χ1n) is 10.0. The molecule has 1 saturated heterocycles. The molecule has 2 aromatic rings. The van der Waals surface area contributed by atoms with Crippen LogP contribution in [0, 0.1) is 11.7 Å². The summed E-state index contributed by atoms with van der Waals surface area (Å²) >= 11 is 1.01. The number of halogens is 1. The highest BCUT2D eigenvalue weighted by atomic mass is 32.2. The van der Waals surface area contributed by atoms with Gasteiger partial charge in [0.05, 0.1) is 25.0 Å². The van der Waals surface area contributed by atoms with Crippen LogP contribution >= 0.6 is 11.8 Å². The number of carbonyl (C=O) groups is 2. The van der Waals surface area contributed by atoms with Gasteiger partial charge in [-0.15, -0.1) is 0 Å². The Morgan fingerprint density at radius 3 is 2.79 bits per heavy atom. The van der Waals surface area contributed by atoms with Gasteiger partial charge in [0.1, 0.15) is 11.4 Å². The number of imide groups is 1. The Hall–Kier alpha value is -3.09. The zero-order valence-electron chi connectivity index (χ0n) is 17.5. The van der Waals surface area contributed by atoms with Crippen molar-refractivity contribution in [3.8, 4) is 11.3 Å². The number of amides is 2. The van der Waals surface area contributed by atoms with Gasteiger partial charge in [-0.05, 0) is 36.8 Å². The van der Waals surface area contributed by atoms with Crippen LogP contribution in [0.15, 0.2) is 41.5 Å². The van der Waals surface area contributed by atoms with Crippen molar-refractivity contribution in [1.82, 2.24) is 15.1 Å². The molecule has 3 atom stereocenters. The molecule has 1 aromatic carbocycles. The Morgan fingerprint density at radius 1 is 1.33 bits per heavy atom. The summed E-state index contributed by atoms with van der Waals surface area (Å²) in [7, 11) is 1.55. The predicted molar refractivity (Wildman–Crippen MR) is 117 cm³/mol. The van der Waals surface area contributed by atoms with Gasteiger partial charge in [0.25, 0.3) is 0 Å². The summed E-state index contributed by atoms with van der Waals surface area (Å²) in [5.41, 5.74) is -0.0289. The molecule has 0 saturated carbocycles. The van der Waals surface area contributed by atoms with E-state index in [1.807, 2.05) is 0 Å². The van der Waals surface area contributed by atoms with E-state index in [1.165, 1.54) is 12.3 Å². The molecule has 33 heavy (non-hydrogen) atoms. The Balaban J connectivity index is 1.86. The summed E-state index contributed by atoms with van der Waals surface area (Å²) in [6.45, 7) is 0.274. The van der Waals surface area contributed by atoms with Crippen molar-refractivity contribution in [3.63, 3.8) is 0 Å². The van der Waals surface area contributed by atoms with E-state index in [9.17, 15) is 19.8 Å². The molecule has 174 valence electrons. The largest absolute Gasteiger partial charge is 0.464 e. The lowest BCUT2D eigenvalue weighted by Gasteiger charge is -2.47. The van der Waals surface area contributed by atoms with Crippen LogP contribution in [-0.4, -0.2) is 74.8 Å². The van der Waals surface area contributed by atoms with Crippen molar-refractivity contribution in [1.29, 1.82) is 0 Å². The molecule has 0 unspecified atom stereocenters. The van der Waals surface area contributed by atoms with Crippen LogP contribution in [0.4, 0.5) is 14.0 Å². The van der Waals surface area contributed by atoms with Crippen molar-refractivity contribution >= 4 is 29.1 Å². The monoisotopic (exact) mass is 476 g/mol. The molecule has 2 amide bonds. The van der Waals surface area contributed by atoms with Crippen LogP contribution in [-0.2, 0) is 15.0 Å². The first-order chi connectivity index (χ1) is 15.9. The fourth-order valence-corrected chi connectivity index (χ4v) is 5.42. The molecule has 2 N–H and O–H groups in total. The normalized spacial score (nSPS) is 24.5. The summed E-state index contributed by atoms with van der Waals surface area (Å²) in [5.74, 6) is -0.487. The summed E-state index contributed by atoms with van der Waals surface area (Å²) < 4.78 is 26.4. The van der Waals surface area contributed by atoms with Crippen LogP contribution < -0.4 is 0 Å². The van der Waals surface area contributed by atoms with Crippen LogP contribution in [0.3, 0.4) is 0 Å². The minimum Gasteiger partial charge on any atom is -0.464 e. The molecular formula is C21H21FN4O6S. The number of aliphatic imine (C=N–C) groups is 1. The van der Waals surface area contributed by atoms with E-state index in [2.05, 4.69) is 15.2 Å². The second kappa shape index (κ2) is 9.41. The number of carboxylic acid groups (broad SMARTS) is 2. The second-order valence-electron chi connectivity index (χ2n) is 7.65. The maximum atomic E-state index is 15.3. The summed E-state index contributed by atoms with van der Waals surface area (Å²) in [6.07, 6.45) is -1.62. The Labute approximate surface area is 192 Å². The molecule has 1 aromatic heterocycles. The molecule has 1 fully saturated rings. The first kappa shape index (κ1) is 23.1. The fraction of sp³-hybridized carbons (Fsp3) is 0.381. The molecular weight excluding hydrogens is 455 g/mol. The molecule has 3 heterocycles. The van der Waals surface area contributed by atoms with Gasteiger partial charge in [-0.25, -0.2) is 19.0 Å². The van der Waals surface area contributed by atoms with Gasteiger partial charge >= 0.3 is 12.2 Å². The average molecular weight is 476 g/mol. The fourth-order valence-electron chi connectivity index (χ4n) is 4.14. The third kappa shape index (κ3) is 4.41. The number of hydrogen-bond donors (Lipinski definition) is 2. The van der Waals surface area contributed by atoms with Crippen LogP contribution in [0.1, 0.15) is 12.0 Å². The number of nitrogens with zero attached hydrogens (tertiary/aromatic N) is 4. The van der Waals surface area contributed by atoms with E-state index >= 15 is 4.39 Å². The summed E-state index contributed by atoms with van der Waals surface area (Å²) in [6, 6.07) is 7.88. The topological polar surface area (TPSA) is 134 Å². The number of hydrogen-bond acceptors (Lipinski definition) is 8. The number of thioether (sulfide) groups is 1. The van der Waals surface area contributed by atoms with Gasteiger partial charge in [-0.3, -0.25) is 0 Å². The third-order valence-electron chi connectivity index (χ3n) is 5.70. The predicted octanol–water partition coefficient (Wildman–Crippen LogP) is 3.29. The Morgan fingerprint density at radius 2 is 2.12 bits per heavy atom. The number of ether oxygens (including phenoxy) is 2. The Kier molecular flexibility index (Phi) is 6.58. The summed E-state index contributed by atoms with van der Waals surface area (Å²) in [5, 5.41) is 26.5. The minimum absolute atomic E-state index is 0.0658. The number of rotatable bonds is 4. The van der Waals surface area contributed by atoms with Gasteiger partial charge < -0.3 is 19.7 Å². The zero-order valence-corrected chi connectivity index (χ0v) is 18.4. The van der Waals surface area contributed by atoms with Crippen molar-refractivity contribution in [2.75, 3.05) is 26.1 Å². The Bertz CT molecular complexity index is 1070. The van der Waals surface area contributed by atoms with Crippen LogP contribution in [0.5, 0.6) is 0 Å². The molecule has 0 bridgehead atoms. The van der Waals surface area contributed by atoms with Gasteiger partial charge in [-0.2, -0.15) is 15.1 Å². The number of aromatic nitrogens is 2. The third-order valence-corrected chi connectivity index (χ3v) is 6.80. The van der Waals surface area contributed by atoms with E-state index in [1.54, 1.807) is 31.4 Å². The lowest BCUT2D eigenvalue weighted by molar-refractivity contribution is -0.0838. The van der Waals surface area contributed by atoms with Crippen molar-refractivity contribution in [3.05, 3.63) is 47.9 Å². The zero-order chi connectivity index (χ0) is 23.6. The molecule has 10 nitrogen and oxygen atoms in total. The highest BCUT2D eigenvalue weighted by molar-refractivity contribution is 8.13. The average Bonchev–Trinajstić information content (AvgIpc) is 2.80. The molecule has 0 spiro atoms. The molecule has 2 aliphatic rings. The van der Waals surface area contributed by atoms with Crippen LogP contribution in [0.2, 0.25) is 0 Å². The second-order valence-corrected chi connectivity index (χ2v) is 8.64. The molecule has 0 aliphatic carbocycles. The van der Waals surface area contributed by atoms with Gasteiger partial charge in [0.2, 0.25) is 0 Å². The lowest BCUT2D eigenvalue weighted by atomic mass is 9.74. The standard InChI is InChI=1S/C21H21FN4O6S/c1-31-9-14-8-13-10-33-18(26(19(27)28)20(29)30)24-21(13,11-32-14)15-7-12(4-5-16(15)22)17-3-2-6-23-25-17/h2-7,13-14H,8-11H2,1H3,(H,27,28)(H,29,30)/t13-,14+,21-/m0/s1. The van der Waals surface area contributed by atoms with Gasteiger partial charge in [0.15, 0.2) is 5.17 Å². The van der Waals surface area contributed by atoms with E-state index < -0.39 is 23.5 Å². The van der Waals surface area contributed by atoms with E-state index in [0.29, 0.717) is 30.0 Å².